The number of hydrogen-bond donors (Lipinski definition) is 1. The third-order valence-corrected chi connectivity index (χ3v) is 10.5. The monoisotopic (exact) mass is 628 g/mol. The van der Waals surface area contributed by atoms with E-state index in [2.05, 4.69) is 158 Å². The number of benzene rings is 4. The highest BCUT2D eigenvalue weighted by Gasteiger charge is 2.39. The van der Waals surface area contributed by atoms with Gasteiger partial charge >= 0.3 is 0 Å². The molecule has 4 unspecified atom stereocenters. The second-order valence-electron chi connectivity index (χ2n) is 14.2. The first-order chi connectivity index (χ1) is 23.2. The molecular formula is C41H52N6. The van der Waals surface area contributed by atoms with Crippen molar-refractivity contribution in [3.05, 3.63) is 144 Å². The van der Waals surface area contributed by atoms with Crippen LogP contribution in [0.1, 0.15) is 22.3 Å². The molecular weight excluding hydrogens is 576 g/mol. The molecule has 6 heteroatoms. The molecule has 4 fully saturated rings. The van der Waals surface area contributed by atoms with Gasteiger partial charge in [0.25, 0.3) is 0 Å². The van der Waals surface area contributed by atoms with Crippen LogP contribution < -0.4 is 5.32 Å². The number of fused-ring (bicyclic) bond motifs is 4. The van der Waals surface area contributed by atoms with Crippen LogP contribution in [0.5, 0.6) is 0 Å². The molecule has 0 saturated carbocycles. The van der Waals surface area contributed by atoms with Crippen molar-refractivity contribution in [2.75, 3.05) is 59.4 Å². The molecule has 0 spiro atoms. The molecule has 4 aliphatic heterocycles. The van der Waals surface area contributed by atoms with E-state index in [-0.39, 0.29) is 0 Å². The summed E-state index contributed by atoms with van der Waals surface area (Å²) in [5.41, 5.74) is 5.73. The van der Waals surface area contributed by atoms with Gasteiger partial charge in [-0.2, -0.15) is 0 Å². The van der Waals surface area contributed by atoms with E-state index in [1.54, 1.807) is 0 Å². The lowest BCUT2D eigenvalue weighted by atomic mass is 9.98. The lowest BCUT2D eigenvalue weighted by Crippen LogP contribution is -2.67. The second-order valence-corrected chi connectivity index (χ2v) is 14.2. The molecule has 0 aliphatic carbocycles. The maximum atomic E-state index is 3.62. The van der Waals surface area contributed by atoms with Gasteiger partial charge in [0, 0.05) is 103 Å². The van der Waals surface area contributed by atoms with Crippen molar-refractivity contribution in [1.82, 2.24) is 29.8 Å². The Morgan fingerprint density at radius 2 is 0.745 bits per heavy atom. The van der Waals surface area contributed by atoms with Crippen LogP contribution in [0.15, 0.2) is 121 Å². The third kappa shape index (κ3) is 8.57. The quantitative estimate of drug-likeness (QED) is 0.295. The van der Waals surface area contributed by atoms with Crippen molar-refractivity contribution >= 4 is 0 Å². The smallest absolute Gasteiger partial charge is 0.0358 e. The van der Waals surface area contributed by atoms with Crippen LogP contribution in [0.3, 0.4) is 0 Å². The van der Waals surface area contributed by atoms with Gasteiger partial charge in [-0.3, -0.25) is 19.6 Å². The zero-order chi connectivity index (χ0) is 31.8. The molecule has 0 aromatic heterocycles. The third-order valence-electron chi connectivity index (χ3n) is 10.5. The Bertz CT molecular complexity index is 1460. The molecule has 4 saturated heterocycles. The van der Waals surface area contributed by atoms with E-state index in [0.29, 0.717) is 24.2 Å². The standard InChI is InChI=1S/C21H27N3.C20H25N3/c1-22-14-20-16-23(12-18-8-4-2-5-9-18)17-21(15-22)24(20)13-19-10-6-3-7-11-19;1-3-7-17(8-4-1)13-22-15-19-11-21-12-20(16-22)23(19)14-18-9-5-2-6-10-18/h2-11,20-21H,12-17H2,1H3;1-10,19-21H,11-16H2. The fraction of sp³-hybridized carbons (Fsp3) is 0.415. The summed E-state index contributed by atoms with van der Waals surface area (Å²) >= 11 is 0. The van der Waals surface area contributed by atoms with Gasteiger partial charge in [-0.25, -0.2) is 0 Å². The van der Waals surface area contributed by atoms with E-state index < -0.39 is 0 Å². The van der Waals surface area contributed by atoms with Gasteiger partial charge in [-0.15, -0.1) is 0 Å². The van der Waals surface area contributed by atoms with Gasteiger partial charge in [0.05, 0.1) is 0 Å². The zero-order valence-electron chi connectivity index (χ0n) is 28.1. The molecule has 4 heterocycles. The van der Waals surface area contributed by atoms with Gasteiger partial charge in [0.2, 0.25) is 0 Å². The van der Waals surface area contributed by atoms with Crippen LogP contribution in [-0.2, 0) is 26.2 Å². The van der Waals surface area contributed by atoms with E-state index in [1.165, 1.54) is 48.4 Å². The molecule has 47 heavy (non-hydrogen) atoms. The molecule has 1 N–H and O–H groups in total. The highest BCUT2D eigenvalue weighted by Crippen LogP contribution is 2.26. The summed E-state index contributed by atoms with van der Waals surface area (Å²) in [5.74, 6) is 0. The first-order valence-corrected chi connectivity index (χ1v) is 17.7. The van der Waals surface area contributed by atoms with Crippen molar-refractivity contribution in [1.29, 1.82) is 0 Å². The molecule has 0 radical (unpaired) electrons. The van der Waals surface area contributed by atoms with Crippen LogP contribution in [0, 0.1) is 0 Å². The predicted molar refractivity (Wildman–Crippen MR) is 193 cm³/mol. The van der Waals surface area contributed by atoms with Gasteiger partial charge in [-0.1, -0.05) is 121 Å². The fourth-order valence-corrected chi connectivity index (χ4v) is 8.30. The zero-order valence-corrected chi connectivity index (χ0v) is 28.1. The van der Waals surface area contributed by atoms with Crippen LogP contribution >= 0.6 is 0 Å². The van der Waals surface area contributed by atoms with Gasteiger partial charge in [0.15, 0.2) is 0 Å². The minimum absolute atomic E-state index is 0.617. The van der Waals surface area contributed by atoms with E-state index in [0.717, 1.165) is 52.4 Å². The highest BCUT2D eigenvalue weighted by molar-refractivity contribution is 5.19. The van der Waals surface area contributed by atoms with Gasteiger partial charge < -0.3 is 10.2 Å². The molecule has 4 bridgehead atoms. The second kappa shape index (κ2) is 15.7. The predicted octanol–water partition coefficient (Wildman–Crippen LogP) is 5.03. The number of nitrogens with zero attached hydrogens (tertiary/aromatic N) is 5. The SMILES string of the molecule is CN1CC2CN(Cc3ccccc3)CC(C1)N2Cc1ccccc1.c1ccc(CN2CC3CNCC(C2)N3Cc2ccccc2)cc1. The topological polar surface area (TPSA) is 28.2 Å². The van der Waals surface area contributed by atoms with E-state index in [9.17, 15) is 0 Å². The van der Waals surface area contributed by atoms with Gasteiger partial charge in [-0.05, 0) is 29.3 Å². The molecule has 4 aliphatic rings. The fourth-order valence-electron chi connectivity index (χ4n) is 8.30. The number of hydrogen-bond acceptors (Lipinski definition) is 6. The Kier molecular flexibility index (Phi) is 10.8. The van der Waals surface area contributed by atoms with Crippen LogP contribution in [0.4, 0.5) is 0 Å². The summed E-state index contributed by atoms with van der Waals surface area (Å²) in [6.45, 7) is 13.5. The Labute approximate surface area is 282 Å². The number of likely N-dealkylation sites (N-methyl/N-ethyl adjacent to an activating group) is 1. The molecule has 0 amide bonds. The van der Waals surface area contributed by atoms with E-state index in [4.69, 9.17) is 0 Å². The van der Waals surface area contributed by atoms with E-state index >= 15 is 0 Å². The van der Waals surface area contributed by atoms with Gasteiger partial charge in [0.1, 0.15) is 0 Å². The summed E-state index contributed by atoms with van der Waals surface area (Å²) in [6.07, 6.45) is 0. The minimum atomic E-state index is 0.617. The number of nitrogens with one attached hydrogen (secondary N) is 1. The maximum Gasteiger partial charge on any atom is 0.0358 e. The lowest BCUT2D eigenvalue weighted by Gasteiger charge is -2.52. The first-order valence-electron chi connectivity index (χ1n) is 17.7. The van der Waals surface area contributed by atoms with Crippen molar-refractivity contribution in [2.45, 2.75) is 50.3 Å². The Morgan fingerprint density at radius 3 is 1.13 bits per heavy atom. The summed E-state index contributed by atoms with van der Waals surface area (Å²) in [6, 6.07) is 46.1. The van der Waals surface area contributed by atoms with E-state index in [1.807, 2.05) is 0 Å². The first kappa shape index (κ1) is 32.2. The average Bonchev–Trinajstić information content (AvgIpc) is 3.08. The van der Waals surface area contributed by atoms with Crippen molar-refractivity contribution < 1.29 is 0 Å². The molecule has 246 valence electrons. The molecule has 4 aromatic rings. The summed E-state index contributed by atoms with van der Waals surface area (Å²) < 4.78 is 0. The molecule has 8 rings (SSSR count). The Balaban J connectivity index is 0.000000150. The van der Waals surface area contributed by atoms with Crippen LogP contribution in [0.2, 0.25) is 0 Å². The summed E-state index contributed by atoms with van der Waals surface area (Å²) in [4.78, 5) is 13.3. The average molecular weight is 629 g/mol. The van der Waals surface area contributed by atoms with Crippen LogP contribution in [0.25, 0.3) is 0 Å². The molecule has 4 aromatic carbocycles. The van der Waals surface area contributed by atoms with Crippen molar-refractivity contribution in [2.24, 2.45) is 0 Å². The molecule has 4 atom stereocenters. The maximum absolute atomic E-state index is 3.62. The van der Waals surface area contributed by atoms with Crippen molar-refractivity contribution in [3.8, 4) is 0 Å². The minimum Gasteiger partial charge on any atom is -0.314 e. The molecule has 6 nitrogen and oxygen atoms in total. The number of rotatable bonds is 8. The summed E-state index contributed by atoms with van der Waals surface area (Å²) in [5, 5.41) is 3.62. The Hall–Kier alpha value is -3.36. The van der Waals surface area contributed by atoms with Crippen molar-refractivity contribution in [3.63, 3.8) is 0 Å². The normalized spacial score (nSPS) is 25.6. The number of piperazine rings is 4. The summed E-state index contributed by atoms with van der Waals surface area (Å²) in [7, 11) is 2.27. The lowest BCUT2D eigenvalue weighted by molar-refractivity contribution is -0.0450. The van der Waals surface area contributed by atoms with Crippen LogP contribution in [-0.4, -0.2) is 108 Å². The highest BCUT2D eigenvalue weighted by atomic mass is 15.4. The largest absolute Gasteiger partial charge is 0.314 e. The Morgan fingerprint density at radius 1 is 0.426 bits per heavy atom.